The van der Waals surface area contributed by atoms with E-state index in [9.17, 15) is 4.79 Å². The number of thioether (sulfide) groups is 1. The molecule has 2 heterocycles. The highest BCUT2D eigenvalue weighted by atomic mass is 35.5. The lowest BCUT2D eigenvalue weighted by Gasteiger charge is -2.37. The lowest BCUT2D eigenvalue weighted by Crippen LogP contribution is -2.51. The first-order valence-electron chi connectivity index (χ1n) is 7.80. The summed E-state index contributed by atoms with van der Waals surface area (Å²) in [4.78, 5) is 16.9. The molecule has 1 aromatic rings. The number of anilines is 1. The first-order chi connectivity index (χ1) is 10.7. The van der Waals surface area contributed by atoms with E-state index in [1.165, 1.54) is 17.9 Å². The molecule has 1 amide bonds. The van der Waals surface area contributed by atoms with Crippen molar-refractivity contribution in [2.45, 2.75) is 12.5 Å². The Kier molecular flexibility index (Phi) is 5.63. The maximum Gasteiger partial charge on any atom is 0.238 e. The Hall–Kier alpha value is -0.750. The van der Waals surface area contributed by atoms with Gasteiger partial charge in [-0.3, -0.25) is 14.6 Å². The van der Waals surface area contributed by atoms with E-state index in [1.807, 2.05) is 12.1 Å². The molecule has 120 valence electrons. The number of hydrogen-bond acceptors (Lipinski definition) is 4. The number of halogens is 1. The normalized spacial score (nSPS) is 23.6. The second kappa shape index (κ2) is 7.68. The Labute approximate surface area is 141 Å². The second-order valence-electron chi connectivity index (χ2n) is 5.89. The average Bonchev–Trinajstić information content (AvgIpc) is 3.02. The summed E-state index contributed by atoms with van der Waals surface area (Å²) in [6, 6.07) is 8.04. The van der Waals surface area contributed by atoms with Gasteiger partial charge in [-0.1, -0.05) is 17.7 Å². The van der Waals surface area contributed by atoms with E-state index < -0.39 is 0 Å². The van der Waals surface area contributed by atoms with Gasteiger partial charge in [0.2, 0.25) is 5.91 Å². The van der Waals surface area contributed by atoms with Gasteiger partial charge in [0.1, 0.15) is 0 Å². The fraction of sp³-hybridized carbons (Fsp3) is 0.562. The van der Waals surface area contributed by atoms with Crippen LogP contribution >= 0.6 is 23.4 Å². The molecule has 22 heavy (non-hydrogen) atoms. The number of amides is 1. The number of piperazine rings is 1. The van der Waals surface area contributed by atoms with Crippen LogP contribution in [0.1, 0.15) is 6.42 Å². The number of hydrogen-bond donors (Lipinski definition) is 1. The maximum absolute atomic E-state index is 12.1. The summed E-state index contributed by atoms with van der Waals surface area (Å²) in [5.41, 5.74) is 0.763. The number of benzene rings is 1. The van der Waals surface area contributed by atoms with Crippen molar-refractivity contribution in [3.05, 3.63) is 29.3 Å². The summed E-state index contributed by atoms with van der Waals surface area (Å²) in [7, 11) is 0. The Morgan fingerprint density at radius 2 is 2.14 bits per heavy atom. The zero-order valence-corrected chi connectivity index (χ0v) is 14.2. The van der Waals surface area contributed by atoms with Crippen LogP contribution in [0.2, 0.25) is 5.02 Å². The number of carbonyl (C=O) groups is 1. The SMILES string of the molecule is O=C(CN1CCN([C@H]2CCSC2)CC1)Nc1cccc(Cl)c1. The number of rotatable bonds is 4. The standard InChI is InChI=1S/C16H22ClN3OS/c17-13-2-1-3-14(10-13)18-16(21)11-19-5-7-20(8-6-19)15-4-9-22-12-15/h1-3,10,15H,4-9,11-12H2,(H,18,21)/t15-/m0/s1. The summed E-state index contributed by atoms with van der Waals surface area (Å²) in [5, 5.41) is 3.55. The van der Waals surface area contributed by atoms with E-state index in [4.69, 9.17) is 11.6 Å². The lowest BCUT2D eigenvalue weighted by atomic mass is 10.2. The predicted octanol–water partition coefficient (Wildman–Crippen LogP) is 2.40. The molecule has 0 spiro atoms. The largest absolute Gasteiger partial charge is 0.325 e. The van der Waals surface area contributed by atoms with E-state index in [2.05, 4.69) is 26.9 Å². The molecule has 4 nitrogen and oxygen atoms in total. The van der Waals surface area contributed by atoms with Crippen LogP contribution in [0.15, 0.2) is 24.3 Å². The van der Waals surface area contributed by atoms with Crippen molar-refractivity contribution in [1.82, 2.24) is 9.80 Å². The smallest absolute Gasteiger partial charge is 0.238 e. The molecule has 0 radical (unpaired) electrons. The van der Waals surface area contributed by atoms with Crippen molar-refractivity contribution in [2.75, 3.05) is 49.5 Å². The van der Waals surface area contributed by atoms with Gasteiger partial charge in [-0.2, -0.15) is 11.8 Å². The molecule has 2 aliphatic rings. The van der Waals surface area contributed by atoms with E-state index in [-0.39, 0.29) is 5.91 Å². The first kappa shape index (κ1) is 16.1. The van der Waals surface area contributed by atoms with Gasteiger partial charge in [-0.15, -0.1) is 0 Å². The molecule has 0 saturated carbocycles. The van der Waals surface area contributed by atoms with Crippen LogP contribution in [0.25, 0.3) is 0 Å². The number of nitrogens with zero attached hydrogens (tertiary/aromatic N) is 2. The molecule has 6 heteroatoms. The molecule has 0 unspecified atom stereocenters. The molecule has 2 saturated heterocycles. The Bertz CT molecular complexity index is 514. The third-order valence-electron chi connectivity index (χ3n) is 4.30. The average molecular weight is 340 g/mol. The van der Waals surface area contributed by atoms with Gasteiger partial charge < -0.3 is 5.32 Å². The van der Waals surface area contributed by atoms with Gasteiger partial charge in [0.15, 0.2) is 0 Å². The third-order valence-corrected chi connectivity index (χ3v) is 5.68. The van der Waals surface area contributed by atoms with Crippen LogP contribution in [0.5, 0.6) is 0 Å². The minimum Gasteiger partial charge on any atom is -0.325 e. The summed E-state index contributed by atoms with van der Waals surface area (Å²) < 4.78 is 0. The van der Waals surface area contributed by atoms with Crippen molar-refractivity contribution < 1.29 is 4.79 Å². The monoisotopic (exact) mass is 339 g/mol. The summed E-state index contributed by atoms with van der Waals surface area (Å²) >= 11 is 7.99. The van der Waals surface area contributed by atoms with Crippen molar-refractivity contribution in [3.63, 3.8) is 0 Å². The highest BCUT2D eigenvalue weighted by Crippen LogP contribution is 2.23. The van der Waals surface area contributed by atoms with Crippen LogP contribution in [0.3, 0.4) is 0 Å². The zero-order valence-electron chi connectivity index (χ0n) is 12.6. The molecule has 1 atom stereocenters. The Morgan fingerprint density at radius 3 is 2.82 bits per heavy atom. The van der Waals surface area contributed by atoms with Crippen LogP contribution in [0, 0.1) is 0 Å². The Morgan fingerprint density at radius 1 is 1.32 bits per heavy atom. The molecule has 0 aromatic heterocycles. The van der Waals surface area contributed by atoms with Gasteiger partial charge in [0, 0.05) is 48.7 Å². The molecule has 2 fully saturated rings. The van der Waals surface area contributed by atoms with Crippen molar-refractivity contribution in [2.24, 2.45) is 0 Å². The molecule has 0 bridgehead atoms. The van der Waals surface area contributed by atoms with E-state index in [0.717, 1.165) is 37.9 Å². The Balaban J connectivity index is 1.43. The highest BCUT2D eigenvalue weighted by molar-refractivity contribution is 7.99. The van der Waals surface area contributed by atoms with E-state index >= 15 is 0 Å². The fourth-order valence-electron chi connectivity index (χ4n) is 3.07. The maximum atomic E-state index is 12.1. The molecule has 2 aliphatic heterocycles. The van der Waals surface area contributed by atoms with Crippen LogP contribution in [-0.4, -0.2) is 66.0 Å². The summed E-state index contributed by atoms with van der Waals surface area (Å²) in [6.45, 7) is 4.57. The van der Waals surface area contributed by atoms with E-state index in [1.54, 1.807) is 12.1 Å². The predicted molar refractivity (Wildman–Crippen MR) is 93.8 cm³/mol. The molecule has 3 rings (SSSR count). The molecular weight excluding hydrogens is 318 g/mol. The topological polar surface area (TPSA) is 35.6 Å². The lowest BCUT2D eigenvalue weighted by molar-refractivity contribution is -0.117. The van der Waals surface area contributed by atoms with E-state index in [0.29, 0.717) is 11.6 Å². The van der Waals surface area contributed by atoms with Crippen LogP contribution in [0.4, 0.5) is 5.69 Å². The second-order valence-corrected chi connectivity index (χ2v) is 7.47. The minimum atomic E-state index is 0.0344. The van der Waals surface area contributed by atoms with Gasteiger partial charge in [-0.05, 0) is 30.4 Å². The van der Waals surface area contributed by atoms with Gasteiger partial charge >= 0.3 is 0 Å². The highest BCUT2D eigenvalue weighted by Gasteiger charge is 2.26. The third kappa shape index (κ3) is 4.38. The summed E-state index contributed by atoms with van der Waals surface area (Å²) in [6.07, 6.45) is 1.32. The fourth-order valence-corrected chi connectivity index (χ4v) is 4.51. The van der Waals surface area contributed by atoms with Gasteiger partial charge in [0.05, 0.1) is 6.54 Å². The number of nitrogens with one attached hydrogen (secondary N) is 1. The van der Waals surface area contributed by atoms with Crippen LogP contribution < -0.4 is 5.32 Å². The molecular formula is C16H22ClN3OS. The van der Waals surface area contributed by atoms with Crippen molar-refractivity contribution >= 4 is 35.0 Å². The zero-order chi connectivity index (χ0) is 15.4. The van der Waals surface area contributed by atoms with Gasteiger partial charge in [-0.25, -0.2) is 0 Å². The molecule has 1 N–H and O–H groups in total. The number of carbonyl (C=O) groups excluding carboxylic acids is 1. The first-order valence-corrected chi connectivity index (χ1v) is 9.33. The summed E-state index contributed by atoms with van der Waals surface area (Å²) in [5.74, 6) is 2.61. The van der Waals surface area contributed by atoms with Crippen molar-refractivity contribution in [1.29, 1.82) is 0 Å². The van der Waals surface area contributed by atoms with Crippen molar-refractivity contribution in [3.8, 4) is 0 Å². The van der Waals surface area contributed by atoms with Gasteiger partial charge in [0.25, 0.3) is 0 Å². The quantitative estimate of drug-likeness (QED) is 0.913. The molecule has 0 aliphatic carbocycles. The minimum absolute atomic E-state index is 0.0344. The van der Waals surface area contributed by atoms with Crippen LogP contribution in [-0.2, 0) is 4.79 Å². The molecule has 1 aromatic carbocycles.